The Bertz CT molecular complexity index is 336. The van der Waals surface area contributed by atoms with Crippen LogP contribution in [0.3, 0.4) is 0 Å². The average Bonchev–Trinajstić information content (AvgIpc) is 2.75. The first-order valence-corrected chi connectivity index (χ1v) is 5.68. The molecule has 1 N–H and O–H groups in total. The fourth-order valence-corrected chi connectivity index (χ4v) is 2.50. The van der Waals surface area contributed by atoms with Gasteiger partial charge in [0, 0.05) is 13.5 Å². The highest BCUT2D eigenvalue weighted by Crippen LogP contribution is 2.37. The number of aromatic nitrogens is 3. The Hall–Kier alpha value is -0.900. The lowest BCUT2D eigenvalue weighted by atomic mass is 9.95. The smallest absolute Gasteiger partial charge is 0.138 e. The molecule has 2 rings (SSSR count). The number of hydrogen-bond acceptors (Lipinski definition) is 3. The van der Waals surface area contributed by atoms with Crippen molar-refractivity contribution >= 4 is 0 Å². The molecule has 1 aromatic heterocycles. The van der Waals surface area contributed by atoms with E-state index in [2.05, 4.69) is 17.0 Å². The largest absolute Gasteiger partial charge is 0.389 e. The van der Waals surface area contributed by atoms with E-state index in [9.17, 15) is 5.11 Å². The summed E-state index contributed by atoms with van der Waals surface area (Å²) >= 11 is 0. The standard InChI is InChI=1S/C11H19N3O/c1-3-9-4-5-11(15,6-9)7-10-12-8-13-14(10)2/h8-9,15H,3-7H2,1-2H3. The Morgan fingerprint density at radius 1 is 1.67 bits per heavy atom. The number of nitrogens with zero attached hydrogens (tertiary/aromatic N) is 3. The van der Waals surface area contributed by atoms with E-state index >= 15 is 0 Å². The SMILES string of the molecule is CCC1CCC(O)(Cc2ncnn2C)C1. The summed E-state index contributed by atoms with van der Waals surface area (Å²) in [5.74, 6) is 1.57. The second-order valence-electron chi connectivity index (χ2n) is 4.72. The van der Waals surface area contributed by atoms with Crippen LogP contribution in [0.2, 0.25) is 0 Å². The molecule has 0 saturated heterocycles. The Morgan fingerprint density at radius 2 is 2.47 bits per heavy atom. The Kier molecular flexibility index (Phi) is 2.78. The van der Waals surface area contributed by atoms with E-state index in [1.54, 1.807) is 11.0 Å². The van der Waals surface area contributed by atoms with Gasteiger partial charge in [0.25, 0.3) is 0 Å². The fourth-order valence-electron chi connectivity index (χ4n) is 2.50. The van der Waals surface area contributed by atoms with Crippen LogP contribution in [0.25, 0.3) is 0 Å². The lowest BCUT2D eigenvalue weighted by molar-refractivity contribution is 0.0408. The van der Waals surface area contributed by atoms with E-state index in [0.29, 0.717) is 12.3 Å². The van der Waals surface area contributed by atoms with Crippen LogP contribution >= 0.6 is 0 Å². The Labute approximate surface area is 90.3 Å². The first-order chi connectivity index (χ1) is 7.13. The second-order valence-corrected chi connectivity index (χ2v) is 4.72. The maximum Gasteiger partial charge on any atom is 0.138 e. The normalized spacial score (nSPS) is 31.0. The molecule has 0 bridgehead atoms. The summed E-state index contributed by atoms with van der Waals surface area (Å²) in [6.07, 6.45) is 6.31. The van der Waals surface area contributed by atoms with Gasteiger partial charge in [0.05, 0.1) is 5.60 Å². The average molecular weight is 209 g/mol. The fraction of sp³-hybridized carbons (Fsp3) is 0.818. The summed E-state index contributed by atoms with van der Waals surface area (Å²) in [7, 11) is 1.87. The highest BCUT2D eigenvalue weighted by molar-refractivity contribution is 4.98. The number of aryl methyl sites for hydroxylation is 1. The van der Waals surface area contributed by atoms with E-state index in [-0.39, 0.29) is 0 Å². The molecule has 1 aliphatic rings. The van der Waals surface area contributed by atoms with Crippen molar-refractivity contribution < 1.29 is 5.11 Å². The van der Waals surface area contributed by atoms with Crippen molar-refractivity contribution in [3.8, 4) is 0 Å². The molecule has 0 radical (unpaired) electrons. The van der Waals surface area contributed by atoms with Gasteiger partial charge in [-0.15, -0.1) is 0 Å². The minimum Gasteiger partial charge on any atom is -0.389 e. The van der Waals surface area contributed by atoms with Gasteiger partial charge in [-0.25, -0.2) is 4.98 Å². The van der Waals surface area contributed by atoms with Crippen molar-refractivity contribution in [3.05, 3.63) is 12.2 Å². The van der Waals surface area contributed by atoms with Crippen molar-refractivity contribution in [1.29, 1.82) is 0 Å². The van der Waals surface area contributed by atoms with Crippen molar-refractivity contribution in [2.45, 2.75) is 44.6 Å². The van der Waals surface area contributed by atoms with Crippen LogP contribution in [0.15, 0.2) is 6.33 Å². The molecule has 0 aliphatic heterocycles. The Morgan fingerprint density at radius 3 is 3.00 bits per heavy atom. The monoisotopic (exact) mass is 209 g/mol. The van der Waals surface area contributed by atoms with Crippen LogP contribution in [-0.4, -0.2) is 25.5 Å². The molecule has 1 aromatic rings. The summed E-state index contributed by atoms with van der Waals surface area (Å²) in [5, 5.41) is 14.4. The third kappa shape index (κ3) is 2.20. The molecule has 0 aromatic carbocycles. The van der Waals surface area contributed by atoms with Gasteiger partial charge in [-0.2, -0.15) is 5.10 Å². The van der Waals surface area contributed by atoms with Gasteiger partial charge in [-0.1, -0.05) is 13.3 Å². The summed E-state index contributed by atoms with van der Waals surface area (Å²) in [4.78, 5) is 4.17. The molecule has 15 heavy (non-hydrogen) atoms. The van der Waals surface area contributed by atoms with E-state index in [0.717, 1.165) is 25.1 Å². The van der Waals surface area contributed by atoms with Gasteiger partial charge in [-0.3, -0.25) is 4.68 Å². The molecule has 84 valence electrons. The lowest BCUT2D eigenvalue weighted by Crippen LogP contribution is -2.29. The molecule has 4 heteroatoms. The molecule has 1 aliphatic carbocycles. The zero-order valence-corrected chi connectivity index (χ0v) is 9.48. The molecule has 0 spiro atoms. The second kappa shape index (κ2) is 3.93. The van der Waals surface area contributed by atoms with Gasteiger partial charge in [0.1, 0.15) is 12.2 Å². The van der Waals surface area contributed by atoms with E-state index in [4.69, 9.17) is 0 Å². The molecular weight excluding hydrogens is 190 g/mol. The number of rotatable bonds is 3. The molecule has 1 fully saturated rings. The molecule has 2 unspecified atom stereocenters. The highest BCUT2D eigenvalue weighted by atomic mass is 16.3. The molecule has 1 saturated carbocycles. The van der Waals surface area contributed by atoms with Crippen LogP contribution in [0.1, 0.15) is 38.4 Å². The lowest BCUT2D eigenvalue weighted by Gasteiger charge is -2.21. The third-order valence-electron chi connectivity index (χ3n) is 3.56. The van der Waals surface area contributed by atoms with Gasteiger partial charge < -0.3 is 5.11 Å². The van der Waals surface area contributed by atoms with Gasteiger partial charge >= 0.3 is 0 Å². The maximum absolute atomic E-state index is 10.4. The number of hydrogen-bond donors (Lipinski definition) is 1. The van der Waals surface area contributed by atoms with Crippen LogP contribution in [0, 0.1) is 5.92 Å². The molecule has 0 amide bonds. The van der Waals surface area contributed by atoms with Crippen molar-refractivity contribution in [2.75, 3.05) is 0 Å². The zero-order chi connectivity index (χ0) is 10.9. The van der Waals surface area contributed by atoms with Crippen molar-refractivity contribution in [1.82, 2.24) is 14.8 Å². The van der Waals surface area contributed by atoms with Gasteiger partial charge in [-0.05, 0) is 25.2 Å². The quantitative estimate of drug-likeness (QED) is 0.816. The van der Waals surface area contributed by atoms with E-state index < -0.39 is 5.60 Å². The van der Waals surface area contributed by atoms with E-state index in [1.807, 2.05) is 7.05 Å². The van der Waals surface area contributed by atoms with Crippen molar-refractivity contribution in [3.63, 3.8) is 0 Å². The zero-order valence-electron chi connectivity index (χ0n) is 9.48. The summed E-state index contributed by atoms with van der Waals surface area (Å²) in [6.45, 7) is 2.19. The van der Waals surface area contributed by atoms with Crippen LogP contribution in [0.5, 0.6) is 0 Å². The molecular formula is C11H19N3O. The molecule has 1 heterocycles. The minimum atomic E-state index is -0.540. The molecule has 2 atom stereocenters. The Balaban J connectivity index is 2.03. The topological polar surface area (TPSA) is 50.9 Å². The third-order valence-corrected chi connectivity index (χ3v) is 3.56. The number of aliphatic hydroxyl groups is 1. The van der Waals surface area contributed by atoms with E-state index in [1.165, 1.54) is 6.42 Å². The first kappa shape index (κ1) is 10.6. The predicted molar refractivity (Wildman–Crippen MR) is 57.3 cm³/mol. The first-order valence-electron chi connectivity index (χ1n) is 5.68. The summed E-state index contributed by atoms with van der Waals surface area (Å²) in [5.41, 5.74) is -0.540. The summed E-state index contributed by atoms with van der Waals surface area (Å²) < 4.78 is 1.75. The molecule has 4 nitrogen and oxygen atoms in total. The maximum atomic E-state index is 10.4. The summed E-state index contributed by atoms with van der Waals surface area (Å²) in [6, 6.07) is 0. The van der Waals surface area contributed by atoms with Crippen LogP contribution < -0.4 is 0 Å². The minimum absolute atomic E-state index is 0.540. The van der Waals surface area contributed by atoms with Crippen LogP contribution in [0.4, 0.5) is 0 Å². The van der Waals surface area contributed by atoms with Crippen molar-refractivity contribution in [2.24, 2.45) is 13.0 Å². The predicted octanol–water partition coefficient (Wildman–Crippen LogP) is 1.30. The highest BCUT2D eigenvalue weighted by Gasteiger charge is 2.37. The van der Waals surface area contributed by atoms with Gasteiger partial charge in [0.2, 0.25) is 0 Å². The van der Waals surface area contributed by atoms with Gasteiger partial charge in [0.15, 0.2) is 0 Å². The van der Waals surface area contributed by atoms with Crippen LogP contribution in [-0.2, 0) is 13.5 Å².